The Kier molecular flexibility index (Phi) is 1.28. The van der Waals surface area contributed by atoms with E-state index in [0.29, 0.717) is 12.3 Å². The molecule has 0 unspecified atom stereocenters. The molecule has 0 radical (unpaired) electrons. The predicted molar refractivity (Wildman–Crippen MR) is 42.4 cm³/mol. The fourth-order valence-corrected chi connectivity index (χ4v) is 1.07. The normalized spacial score (nSPS) is 14.7. The summed E-state index contributed by atoms with van der Waals surface area (Å²) in [5.41, 5.74) is 6.57. The molecule has 1 aromatic rings. The number of benzene rings is 1. The van der Waals surface area contributed by atoms with E-state index in [1.807, 2.05) is 24.3 Å². The summed E-state index contributed by atoms with van der Waals surface area (Å²) in [4.78, 5) is 5.00. The highest BCUT2D eigenvalue weighted by Gasteiger charge is 2.09. The average molecular weight is 148 g/mol. The molecule has 0 atom stereocenters. The molecule has 0 aromatic heterocycles. The van der Waals surface area contributed by atoms with Gasteiger partial charge in [0.15, 0.2) is 5.75 Å². The molecule has 3 nitrogen and oxygen atoms in total. The van der Waals surface area contributed by atoms with Crippen LogP contribution in [-0.2, 0) is 6.42 Å². The highest BCUT2D eigenvalue weighted by atomic mass is 16.6. The van der Waals surface area contributed by atoms with Crippen molar-refractivity contribution in [2.75, 3.05) is 0 Å². The molecule has 1 aromatic carbocycles. The fourth-order valence-electron chi connectivity index (χ4n) is 1.07. The zero-order valence-corrected chi connectivity index (χ0v) is 5.95. The van der Waals surface area contributed by atoms with Crippen LogP contribution in [0.3, 0.4) is 0 Å². The van der Waals surface area contributed by atoms with Crippen LogP contribution in [0.15, 0.2) is 29.4 Å². The third kappa shape index (κ3) is 1.05. The van der Waals surface area contributed by atoms with Crippen LogP contribution < -0.4 is 10.6 Å². The fraction of sp³-hybridized carbons (Fsp3) is 0.125. The Balaban J connectivity index is 2.42. The molecule has 1 heterocycles. The van der Waals surface area contributed by atoms with Crippen LogP contribution in [0.4, 0.5) is 0 Å². The molecule has 0 saturated heterocycles. The molecule has 3 heteroatoms. The minimum Gasteiger partial charge on any atom is -0.384 e. The smallest absolute Gasteiger partial charge is 0.161 e. The highest BCUT2D eigenvalue weighted by molar-refractivity contribution is 5.83. The summed E-state index contributed by atoms with van der Waals surface area (Å²) in [7, 11) is 0. The molecule has 0 fully saturated rings. The number of amidine groups is 1. The maximum atomic E-state index is 5.47. The summed E-state index contributed by atoms with van der Waals surface area (Å²) in [6.07, 6.45) is 0.691. The van der Waals surface area contributed by atoms with Gasteiger partial charge in [-0.05, 0) is 6.07 Å². The van der Waals surface area contributed by atoms with Gasteiger partial charge in [-0.1, -0.05) is 23.4 Å². The second-order valence-electron chi connectivity index (χ2n) is 2.46. The molecule has 0 bridgehead atoms. The number of oxime groups is 1. The van der Waals surface area contributed by atoms with Gasteiger partial charge < -0.3 is 10.6 Å². The van der Waals surface area contributed by atoms with E-state index >= 15 is 0 Å². The van der Waals surface area contributed by atoms with Crippen LogP contribution in [0.1, 0.15) is 5.56 Å². The lowest BCUT2D eigenvalue weighted by atomic mass is 10.1. The van der Waals surface area contributed by atoms with Crippen molar-refractivity contribution in [2.24, 2.45) is 10.9 Å². The Bertz CT molecular complexity index is 307. The van der Waals surface area contributed by atoms with E-state index < -0.39 is 0 Å². The van der Waals surface area contributed by atoms with E-state index in [1.165, 1.54) is 0 Å². The monoisotopic (exact) mass is 148 g/mol. The molecule has 56 valence electrons. The van der Waals surface area contributed by atoms with Crippen molar-refractivity contribution < 1.29 is 4.84 Å². The predicted octanol–water partition coefficient (Wildman–Crippen LogP) is 0.894. The van der Waals surface area contributed by atoms with Crippen LogP contribution >= 0.6 is 0 Å². The molecule has 0 spiro atoms. The lowest BCUT2D eigenvalue weighted by molar-refractivity contribution is 0.329. The Morgan fingerprint density at radius 2 is 2.18 bits per heavy atom. The molecular weight excluding hydrogens is 140 g/mol. The molecule has 0 saturated carbocycles. The second-order valence-corrected chi connectivity index (χ2v) is 2.46. The first-order chi connectivity index (χ1) is 5.36. The van der Waals surface area contributed by atoms with Gasteiger partial charge in [-0.15, -0.1) is 0 Å². The van der Waals surface area contributed by atoms with E-state index in [9.17, 15) is 0 Å². The van der Waals surface area contributed by atoms with E-state index in [-0.39, 0.29) is 0 Å². The molecule has 2 rings (SSSR count). The number of hydrogen-bond acceptors (Lipinski definition) is 3. The first-order valence-corrected chi connectivity index (χ1v) is 3.43. The van der Waals surface area contributed by atoms with Crippen molar-refractivity contribution in [1.82, 2.24) is 0 Å². The van der Waals surface area contributed by atoms with E-state index in [1.54, 1.807) is 0 Å². The number of rotatable bonds is 0. The lowest BCUT2D eigenvalue weighted by Crippen LogP contribution is -2.19. The summed E-state index contributed by atoms with van der Waals surface area (Å²) in [6, 6.07) is 7.73. The van der Waals surface area contributed by atoms with Crippen molar-refractivity contribution in [3.63, 3.8) is 0 Å². The number of nitrogens with two attached hydrogens (primary N) is 1. The van der Waals surface area contributed by atoms with Gasteiger partial charge in [0, 0.05) is 12.0 Å². The van der Waals surface area contributed by atoms with Crippen molar-refractivity contribution in [1.29, 1.82) is 0 Å². The number of nitrogens with zero attached hydrogens (tertiary/aromatic N) is 1. The summed E-state index contributed by atoms with van der Waals surface area (Å²) in [5.74, 6) is 1.34. The second kappa shape index (κ2) is 2.27. The van der Waals surface area contributed by atoms with E-state index in [2.05, 4.69) is 5.16 Å². The van der Waals surface area contributed by atoms with Gasteiger partial charge in [-0.3, -0.25) is 0 Å². The van der Waals surface area contributed by atoms with Gasteiger partial charge in [0.1, 0.15) is 5.84 Å². The van der Waals surface area contributed by atoms with Crippen molar-refractivity contribution >= 4 is 5.84 Å². The van der Waals surface area contributed by atoms with E-state index in [4.69, 9.17) is 10.6 Å². The number of fused-ring (bicyclic) bond motifs is 1. The van der Waals surface area contributed by atoms with Crippen molar-refractivity contribution in [3.05, 3.63) is 29.8 Å². The number of hydrogen-bond donors (Lipinski definition) is 1. The zero-order chi connectivity index (χ0) is 7.68. The Morgan fingerprint density at radius 1 is 1.36 bits per heavy atom. The average Bonchev–Trinajstić information content (AvgIpc) is 2.04. The summed E-state index contributed by atoms with van der Waals surface area (Å²) >= 11 is 0. The van der Waals surface area contributed by atoms with Gasteiger partial charge in [0.05, 0.1) is 0 Å². The lowest BCUT2D eigenvalue weighted by Gasteiger charge is -2.11. The highest BCUT2D eigenvalue weighted by Crippen LogP contribution is 2.21. The first kappa shape index (κ1) is 6.22. The maximum absolute atomic E-state index is 5.47. The van der Waals surface area contributed by atoms with Crippen LogP contribution in [0.2, 0.25) is 0 Å². The van der Waals surface area contributed by atoms with Gasteiger partial charge >= 0.3 is 0 Å². The number of para-hydroxylation sites is 1. The Labute approximate surface area is 64.5 Å². The summed E-state index contributed by atoms with van der Waals surface area (Å²) in [5, 5.41) is 3.67. The Hall–Kier alpha value is -1.51. The molecule has 2 N–H and O–H groups in total. The van der Waals surface area contributed by atoms with Crippen LogP contribution in [-0.4, -0.2) is 5.84 Å². The van der Waals surface area contributed by atoms with Crippen molar-refractivity contribution in [2.45, 2.75) is 6.42 Å². The third-order valence-corrected chi connectivity index (χ3v) is 1.61. The molecule has 1 aliphatic heterocycles. The van der Waals surface area contributed by atoms with Gasteiger partial charge in [0.25, 0.3) is 0 Å². The largest absolute Gasteiger partial charge is 0.384 e. The van der Waals surface area contributed by atoms with Gasteiger partial charge in [0.2, 0.25) is 0 Å². The van der Waals surface area contributed by atoms with Crippen molar-refractivity contribution in [3.8, 4) is 5.75 Å². The standard InChI is InChI=1S/C8H8N2O/c9-8-5-6-3-1-2-4-7(6)11-10-8/h1-4H,5H2,(H2,9,10). The van der Waals surface area contributed by atoms with Crippen LogP contribution in [0.5, 0.6) is 5.75 Å². The van der Waals surface area contributed by atoms with Crippen LogP contribution in [0, 0.1) is 0 Å². The maximum Gasteiger partial charge on any atom is 0.161 e. The molecule has 0 amide bonds. The summed E-state index contributed by atoms with van der Waals surface area (Å²) in [6.45, 7) is 0. The third-order valence-electron chi connectivity index (χ3n) is 1.61. The van der Waals surface area contributed by atoms with Gasteiger partial charge in [-0.25, -0.2) is 0 Å². The molecule has 11 heavy (non-hydrogen) atoms. The topological polar surface area (TPSA) is 47.6 Å². The summed E-state index contributed by atoms with van der Waals surface area (Å²) < 4.78 is 0. The van der Waals surface area contributed by atoms with E-state index in [0.717, 1.165) is 11.3 Å². The molecular formula is C8H8N2O. The Morgan fingerprint density at radius 3 is 3.09 bits per heavy atom. The zero-order valence-electron chi connectivity index (χ0n) is 5.95. The molecule has 0 aliphatic carbocycles. The SMILES string of the molecule is NC1=NOc2ccccc2C1. The van der Waals surface area contributed by atoms with Gasteiger partial charge in [-0.2, -0.15) is 0 Å². The van der Waals surface area contributed by atoms with Crippen LogP contribution in [0.25, 0.3) is 0 Å². The first-order valence-electron chi connectivity index (χ1n) is 3.43. The minimum atomic E-state index is 0.531. The quantitative estimate of drug-likeness (QED) is 0.594. The minimum absolute atomic E-state index is 0.531. The molecule has 1 aliphatic rings.